The van der Waals surface area contributed by atoms with E-state index in [-0.39, 0.29) is 11.6 Å². The Morgan fingerprint density at radius 3 is 2.93 bits per heavy atom. The van der Waals surface area contributed by atoms with Crippen molar-refractivity contribution in [2.75, 3.05) is 5.32 Å². The van der Waals surface area contributed by atoms with Crippen molar-refractivity contribution in [3.63, 3.8) is 0 Å². The van der Waals surface area contributed by atoms with Crippen LogP contribution in [0.25, 0.3) is 27.7 Å². The highest BCUT2D eigenvalue weighted by Gasteiger charge is 2.17. The Balaban J connectivity index is 1.44. The number of nitrogens with one attached hydrogen (secondary N) is 1. The molecule has 0 saturated carbocycles. The molecular weight excluding hydrogens is 364 g/mol. The lowest BCUT2D eigenvalue weighted by molar-refractivity contribution is 0.101. The monoisotopic (exact) mass is 376 g/mol. The molecule has 0 aliphatic carbocycles. The van der Waals surface area contributed by atoms with Gasteiger partial charge < -0.3 is 14.3 Å². The smallest absolute Gasteiger partial charge is 0.277 e. The van der Waals surface area contributed by atoms with Gasteiger partial charge in [-0.25, -0.2) is 4.98 Å². The number of amides is 1. The molecule has 1 amide bonds. The van der Waals surface area contributed by atoms with Gasteiger partial charge in [-0.1, -0.05) is 23.4 Å². The molecule has 0 aliphatic heterocycles. The van der Waals surface area contributed by atoms with Gasteiger partial charge in [0.15, 0.2) is 16.4 Å². The van der Waals surface area contributed by atoms with Crippen molar-refractivity contribution in [3.8, 4) is 22.8 Å². The summed E-state index contributed by atoms with van der Waals surface area (Å²) in [4.78, 5) is 18.1. The number of carbonyl (C=O) groups excluding carboxylic acids is 1. The quantitative estimate of drug-likeness (QED) is 0.497. The van der Waals surface area contributed by atoms with Crippen LogP contribution in [-0.4, -0.2) is 20.4 Å². The first-order valence-corrected chi connectivity index (χ1v) is 8.99. The number of carbonyl (C=O) groups is 1. The van der Waals surface area contributed by atoms with Crippen molar-refractivity contribution in [3.05, 3.63) is 72.2 Å². The highest BCUT2D eigenvalue weighted by molar-refractivity contribution is 7.15. The van der Waals surface area contributed by atoms with Gasteiger partial charge in [0.1, 0.15) is 0 Å². The van der Waals surface area contributed by atoms with Crippen LogP contribution in [0.15, 0.2) is 75.4 Å². The average Bonchev–Trinajstić information content (AvgIpc) is 3.45. The van der Waals surface area contributed by atoms with E-state index in [2.05, 4.69) is 15.5 Å². The van der Waals surface area contributed by atoms with Crippen molar-refractivity contribution < 1.29 is 13.7 Å². The van der Waals surface area contributed by atoms with Crippen LogP contribution >= 0.6 is 11.3 Å². The van der Waals surface area contributed by atoms with Gasteiger partial charge in [0.2, 0.25) is 5.76 Å². The zero-order valence-corrected chi connectivity index (χ0v) is 14.6. The number of fused-ring (bicyclic) bond motifs is 1. The van der Waals surface area contributed by atoms with Crippen LogP contribution in [-0.2, 0) is 0 Å². The van der Waals surface area contributed by atoms with Crippen molar-refractivity contribution in [1.82, 2.24) is 14.5 Å². The molecule has 27 heavy (non-hydrogen) atoms. The largest absolute Gasteiger partial charge is 0.461 e. The number of rotatable bonds is 4. The highest BCUT2D eigenvalue weighted by Crippen LogP contribution is 2.29. The van der Waals surface area contributed by atoms with Gasteiger partial charge in [0.05, 0.1) is 17.6 Å². The van der Waals surface area contributed by atoms with E-state index < -0.39 is 0 Å². The summed E-state index contributed by atoms with van der Waals surface area (Å²) in [6, 6.07) is 12.5. The molecule has 7 nitrogen and oxygen atoms in total. The molecule has 0 saturated heterocycles. The molecule has 8 heteroatoms. The normalized spacial score (nSPS) is 11.1. The number of aromatic nitrogens is 3. The average molecular weight is 376 g/mol. The second kappa shape index (κ2) is 6.26. The summed E-state index contributed by atoms with van der Waals surface area (Å²) >= 11 is 1.55. The molecule has 0 bridgehead atoms. The summed E-state index contributed by atoms with van der Waals surface area (Å²) in [7, 11) is 0. The standard InChI is InChI=1S/C19H12N4O3S/c24-18(14-10-17(26-22-14)16-6-3-8-25-16)20-13-5-2-1-4-12(13)15-11-23-7-9-27-19(23)21-15/h1-11H,(H,20,24). The predicted molar refractivity (Wildman–Crippen MR) is 101 cm³/mol. The maximum atomic E-state index is 12.6. The molecule has 0 atom stereocenters. The fourth-order valence-corrected chi connectivity index (χ4v) is 3.48. The summed E-state index contributed by atoms with van der Waals surface area (Å²) < 4.78 is 12.4. The highest BCUT2D eigenvalue weighted by atomic mass is 32.1. The third kappa shape index (κ3) is 2.81. The summed E-state index contributed by atoms with van der Waals surface area (Å²) in [5.41, 5.74) is 2.43. The molecule has 4 aromatic heterocycles. The fourth-order valence-electron chi connectivity index (χ4n) is 2.78. The lowest BCUT2D eigenvalue weighted by Gasteiger charge is -2.07. The maximum Gasteiger partial charge on any atom is 0.277 e. The lowest BCUT2D eigenvalue weighted by atomic mass is 10.1. The molecule has 132 valence electrons. The van der Waals surface area contributed by atoms with Gasteiger partial charge in [-0.05, 0) is 18.2 Å². The lowest BCUT2D eigenvalue weighted by Crippen LogP contribution is -2.12. The predicted octanol–water partition coefficient (Wildman–Crippen LogP) is 4.56. The second-order valence-electron chi connectivity index (χ2n) is 5.77. The van der Waals surface area contributed by atoms with Crippen LogP contribution in [0.1, 0.15) is 10.5 Å². The number of furan rings is 1. The third-order valence-electron chi connectivity index (χ3n) is 4.05. The molecule has 0 aliphatic rings. The Hall–Kier alpha value is -3.65. The van der Waals surface area contributed by atoms with E-state index in [4.69, 9.17) is 8.94 Å². The van der Waals surface area contributed by atoms with E-state index in [1.54, 1.807) is 29.5 Å². The van der Waals surface area contributed by atoms with Crippen molar-refractivity contribution in [1.29, 1.82) is 0 Å². The Kier molecular flexibility index (Phi) is 3.61. The molecule has 0 spiro atoms. The molecule has 0 unspecified atom stereocenters. The fraction of sp³-hybridized carbons (Fsp3) is 0. The molecular formula is C19H12N4O3S. The first kappa shape index (κ1) is 15.6. The zero-order valence-electron chi connectivity index (χ0n) is 13.8. The van der Waals surface area contributed by atoms with E-state index in [1.165, 1.54) is 6.26 Å². The van der Waals surface area contributed by atoms with E-state index in [0.717, 1.165) is 16.2 Å². The topological polar surface area (TPSA) is 85.6 Å². The molecule has 1 aromatic carbocycles. The molecule has 1 N–H and O–H groups in total. The van der Waals surface area contributed by atoms with Gasteiger partial charge in [0.25, 0.3) is 5.91 Å². The summed E-state index contributed by atoms with van der Waals surface area (Å²) in [5, 5.41) is 8.69. The van der Waals surface area contributed by atoms with Gasteiger partial charge in [-0.3, -0.25) is 9.20 Å². The van der Waals surface area contributed by atoms with Crippen LogP contribution in [0.4, 0.5) is 5.69 Å². The van der Waals surface area contributed by atoms with Gasteiger partial charge in [-0.2, -0.15) is 0 Å². The number of anilines is 1. The van der Waals surface area contributed by atoms with Gasteiger partial charge in [0, 0.05) is 29.4 Å². The van der Waals surface area contributed by atoms with E-state index in [9.17, 15) is 4.79 Å². The SMILES string of the molecule is O=C(Nc1ccccc1-c1cn2ccsc2n1)c1cc(-c2ccco2)on1. The number of hydrogen-bond acceptors (Lipinski definition) is 6. The second-order valence-corrected chi connectivity index (χ2v) is 6.65. The number of benzene rings is 1. The number of hydrogen-bond donors (Lipinski definition) is 1. The number of thiazole rings is 1. The van der Waals surface area contributed by atoms with E-state index >= 15 is 0 Å². The third-order valence-corrected chi connectivity index (χ3v) is 4.82. The Bertz CT molecular complexity index is 1200. The number of nitrogens with zero attached hydrogens (tertiary/aromatic N) is 3. The zero-order chi connectivity index (χ0) is 18.2. The maximum absolute atomic E-state index is 12.6. The van der Waals surface area contributed by atoms with Crippen LogP contribution in [0.5, 0.6) is 0 Å². The summed E-state index contributed by atoms with van der Waals surface area (Å²) in [6.45, 7) is 0. The Morgan fingerprint density at radius 1 is 1.15 bits per heavy atom. The summed E-state index contributed by atoms with van der Waals surface area (Å²) in [6.07, 6.45) is 5.41. The van der Waals surface area contributed by atoms with Gasteiger partial charge in [-0.15, -0.1) is 11.3 Å². The molecule has 5 rings (SSSR count). The minimum atomic E-state index is -0.370. The first-order valence-electron chi connectivity index (χ1n) is 8.11. The molecule has 0 fully saturated rings. The Morgan fingerprint density at radius 2 is 2.07 bits per heavy atom. The van der Waals surface area contributed by atoms with Crippen LogP contribution < -0.4 is 5.32 Å². The van der Waals surface area contributed by atoms with Crippen molar-refractivity contribution in [2.45, 2.75) is 0 Å². The van der Waals surface area contributed by atoms with Crippen LogP contribution in [0.2, 0.25) is 0 Å². The summed E-state index contributed by atoms with van der Waals surface area (Å²) in [5.74, 6) is 0.540. The number of imidazole rings is 1. The number of para-hydroxylation sites is 1. The van der Waals surface area contributed by atoms with Gasteiger partial charge >= 0.3 is 0 Å². The van der Waals surface area contributed by atoms with Crippen LogP contribution in [0, 0.1) is 0 Å². The molecule has 0 radical (unpaired) electrons. The first-order chi connectivity index (χ1) is 13.3. The van der Waals surface area contributed by atoms with Crippen LogP contribution in [0.3, 0.4) is 0 Å². The van der Waals surface area contributed by atoms with Crippen molar-refractivity contribution >= 4 is 27.9 Å². The van der Waals surface area contributed by atoms with E-state index in [1.807, 2.05) is 46.4 Å². The van der Waals surface area contributed by atoms with Crippen molar-refractivity contribution in [2.24, 2.45) is 0 Å². The molecule has 4 heterocycles. The van der Waals surface area contributed by atoms with E-state index in [0.29, 0.717) is 17.2 Å². The Labute approximate surface area is 156 Å². The molecule has 5 aromatic rings. The minimum Gasteiger partial charge on any atom is -0.461 e. The minimum absolute atomic E-state index is 0.169.